The van der Waals surface area contributed by atoms with Gasteiger partial charge in [0.25, 0.3) is 0 Å². The molecule has 0 saturated carbocycles. The Morgan fingerprint density at radius 1 is 1.35 bits per heavy atom. The molecule has 1 heterocycles. The highest BCUT2D eigenvalue weighted by Crippen LogP contribution is 2.20. The minimum atomic E-state index is 0. The number of anilines is 1. The minimum absolute atomic E-state index is 0. The lowest BCUT2D eigenvalue weighted by atomic mass is 10.2. The van der Waals surface area contributed by atoms with E-state index in [0.29, 0.717) is 19.2 Å². The van der Waals surface area contributed by atoms with Gasteiger partial charge in [-0.15, -0.1) is 24.0 Å². The number of nitrogens with zero attached hydrogens (tertiary/aromatic N) is 2. The molecule has 1 aliphatic heterocycles. The molecule has 0 bridgehead atoms. The maximum absolute atomic E-state index is 5.05. The summed E-state index contributed by atoms with van der Waals surface area (Å²) in [5.74, 6) is 0.885. The normalized spacial score (nSPS) is 17.8. The standard InChI is InChI=1S/C17H28N4O.HI/c1-4-18-17(19-10-12-22-3)20-15-9-11-21(13-15)16-7-5-14(2)6-8-16;/h5-8,15H,4,9-13H2,1-3H3,(H2,18,19,20);1H. The van der Waals surface area contributed by atoms with Crippen molar-refractivity contribution in [1.82, 2.24) is 10.6 Å². The van der Waals surface area contributed by atoms with E-state index in [4.69, 9.17) is 4.74 Å². The van der Waals surface area contributed by atoms with Gasteiger partial charge in [-0.25, -0.2) is 0 Å². The average molecular weight is 432 g/mol. The van der Waals surface area contributed by atoms with Gasteiger partial charge < -0.3 is 20.3 Å². The van der Waals surface area contributed by atoms with Gasteiger partial charge in [0.1, 0.15) is 0 Å². The minimum Gasteiger partial charge on any atom is -0.383 e. The van der Waals surface area contributed by atoms with E-state index in [-0.39, 0.29) is 24.0 Å². The van der Waals surface area contributed by atoms with Crippen LogP contribution in [0.3, 0.4) is 0 Å². The Kier molecular flexibility index (Phi) is 9.31. The van der Waals surface area contributed by atoms with Crippen molar-refractivity contribution in [1.29, 1.82) is 0 Å². The molecule has 0 spiro atoms. The number of hydrogen-bond acceptors (Lipinski definition) is 3. The highest BCUT2D eigenvalue weighted by molar-refractivity contribution is 14.0. The van der Waals surface area contributed by atoms with Gasteiger partial charge in [0.2, 0.25) is 0 Å². The van der Waals surface area contributed by atoms with Crippen LogP contribution < -0.4 is 15.5 Å². The molecule has 2 N–H and O–H groups in total. The fraction of sp³-hybridized carbons (Fsp3) is 0.588. The third-order valence-electron chi connectivity index (χ3n) is 3.84. The molecule has 0 aromatic heterocycles. The lowest BCUT2D eigenvalue weighted by Gasteiger charge is -2.20. The maximum Gasteiger partial charge on any atom is 0.191 e. The van der Waals surface area contributed by atoms with Gasteiger partial charge in [-0.05, 0) is 32.4 Å². The fourth-order valence-electron chi connectivity index (χ4n) is 2.63. The van der Waals surface area contributed by atoms with E-state index in [2.05, 4.69) is 58.6 Å². The average Bonchev–Trinajstić information content (AvgIpc) is 2.97. The van der Waals surface area contributed by atoms with Gasteiger partial charge in [0.05, 0.1) is 13.2 Å². The molecular weight excluding hydrogens is 403 g/mol. The van der Waals surface area contributed by atoms with Crippen LogP contribution in [0.15, 0.2) is 29.3 Å². The molecule has 1 aromatic rings. The summed E-state index contributed by atoms with van der Waals surface area (Å²) in [6, 6.07) is 9.19. The first-order chi connectivity index (χ1) is 10.7. The number of nitrogens with one attached hydrogen (secondary N) is 2. The van der Waals surface area contributed by atoms with Gasteiger partial charge in [0.15, 0.2) is 5.96 Å². The van der Waals surface area contributed by atoms with Crippen LogP contribution >= 0.6 is 24.0 Å². The lowest BCUT2D eigenvalue weighted by molar-refractivity contribution is 0.208. The zero-order chi connectivity index (χ0) is 15.8. The molecule has 1 unspecified atom stereocenters. The molecule has 23 heavy (non-hydrogen) atoms. The maximum atomic E-state index is 5.05. The van der Waals surface area contributed by atoms with Crippen molar-refractivity contribution in [2.45, 2.75) is 26.3 Å². The first-order valence-corrected chi connectivity index (χ1v) is 8.08. The Morgan fingerprint density at radius 3 is 2.74 bits per heavy atom. The van der Waals surface area contributed by atoms with Crippen molar-refractivity contribution >= 4 is 35.6 Å². The quantitative estimate of drug-likeness (QED) is 0.314. The molecule has 2 rings (SSSR count). The van der Waals surface area contributed by atoms with Crippen molar-refractivity contribution < 1.29 is 4.74 Å². The lowest BCUT2D eigenvalue weighted by Crippen LogP contribution is -2.44. The second kappa shape index (κ2) is 10.7. The molecule has 130 valence electrons. The van der Waals surface area contributed by atoms with Crippen LogP contribution in [0.5, 0.6) is 0 Å². The molecule has 1 saturated heterocycles. The van der Waals surface area contributed by atoms with Crippen LogP contribution in [0.1, 0.15) is 18.9 Å². The first-order valence-electron chi connectivity index (χ1n) is 8.08. The molecule has 1 atom stereocenters. The third kappa shape index (κ3) is 6.55. The number of hydrogen-bond donors (Lipinski definition) is 2. The summed E-state index contributed by atoms with van der Waals surface area (Å²) in [4.78, 5) is 6.95. The van der Waals surface area contributed by atoms with E-state index in [1.807, 2.05) is 0 Å². The number of guanidine groups is 1. The van der Waals surface area contributed by atoms with Gasteiger partial charge in [0, 0.05) is 38.5 Å². The van der Waals surface area contributed by atoms with Crippen LogP contribution in [0.4, 0.5) is 5.69 Å². The summed E-state index contributed by atoms with van der Waals surface area (Å²) in [6.45, 7) is 8.50. The second-order valence-corrected chi connectivity index (χ2v) is 5.66. The monoisotopic (exact) mass is 432 g/mol. The number of benzene rings is 1. The SMILES string of the molecule is CCNC(=NCCOC)NC1CCN(c2ccc(C)cc2)C1.I. The van der Waals surface area contributed by atoms with Gasteiger partial charge in [-0.3, -0.25) is 4.99 Å². The van der Waals surface area contributed by atoms with Crippen LogP contribution in [0.25, 0.3) is 0 Å². The van der Waals surface area contributed by atoms with Crippen LogP contribution in [0, 0.1) is 6.92 Å². The molecule has 6 heteroatoms. The number of ether oxygens (including phenoxy) is 1. The summed E-state index contributed by atoms with van der Waals surface area (Å²) in [5.41, 5.74) is 2.61. The molecule has 0 aliphatic carbocycles. The van der Waals surface area contributed by atoms with E-state index in [1.165, 1.54) is 11.3 Å². The number of aryl methyl sites for hydroxylation is 1. The van der Waals surface area contributed by atoms with Crippen molar-refractivity contribution in [2.75, 3.05) is 44.8 Å². The number of rotatable bonds is 6. The van der Waals surface area contributed by atoms with Crippen LogP contribution in [-0.4, -0.2) is 51.9 Å². The van der Waals surface area contributed by atoms with E-state index in [9.17, 15) is 0 Å². The van der Waals surface area contributed by atoms with Gasteiger partial charge in [-0.2, -0.15) is 0 Å². The Labute approximate surface area is 156 Å². The smallest absolute Gasteiger partial charge is 0.191 e. The zero-order valence-corrected chi connectivity index (χ0v) is 16.7. The summed E-state index contributed by atoms with van der Waals surface area (Å²) in [7, 11) is 1.70. The Hall–Kier alpha value is -1.02. The van der Waals surface area contributed by atoms with E-state index >= 15 is 0 Å². The first kappa shape index (κ1) is 20.0. The highest BCUT2D eigenvalue weighted by atomic mass is 127. The molecule has 1 fully saturated rings. The highest BCUT2D eigenvalue weighted by Gasteiger charge is 2.23. The predicted octanol–water partition coefficient (Wildman–Crippen LogP) is 2.39. The zero-order valence-electron chi connectivity index (χ0n) is 14.3. The predicted molar refractivity (Wildman–Crippen MR) is 108 cm³/mol. The van der Waals surface area contributed by atoms with Crippen molar-refractivity contribution in [2.24, 2.45) is 4.99 Å². The Morgan fingerprint density at radius 2 is 2.09 bits per heavy atom. The summed E-state index contributed by atoms with van der Waals surface area (Å²) < 4.78 is 5.05. The molecular formula is C17H29IN4O. The largest absolute Gasteiger partial charge is 0.383 e. The van der Waals surface area contributed by atoms with Crippen molar-refractivity contribution in [3.63, 3.8) is 0 Å². The van der Waals surface area contributed by atoms with Crippen molar-refractivity contribution in [3.8, 4) is 0 Å². The van der Waals surface area contributed by atoms with E-state index in [1.54, 1.807) is 7.11 Å². The Bertz CT molecular complexity index is 478. The number of aliphatic imine (C=N–C) groups is 1. The van der Waals surface area contributed by atoms with Gasteiger partial charge in [-0.1, -0.05) is 17.7 Å². The van der Waals surface area contributed by atoms with Crippen LogP contribution in [-0.2, 0) is 4.74 Å². The molecule has 1 aromatic carbocycles. The van der Waals surface area contributed by atoms with E-state index < -0.39 is 0 Å². The van der Waals surface area contributed by atoms with E-state index in [0.717, 1.165) is 32.0 Å². The summed E-state index contributed by atoms with van der Waals surface area (Å²) >= 11 is 0. The molecule has 1 aliphatic rings. The molecule has 5 nitrogen and oxygen atoms in total. The fourth-order valence-corrected chi connectivity index (χ4v) is 2.63. The number of halogens is 1. The third-order valence-corrected chi connectivity index (χ3v) is 3.84. The summed E-state index contributed by atoms with van der Waals surface area (Å²) in [5, 5.41) is 6.82. The topological polar surface area (TPSA) is 48.9 Å². The van der Waals surface area contributed by atoms with Crippen molar-refractivity contribution in [3.05, 3.63) is 29.8 Å². The van der Waals surface area contributed by atoms with Crippen LogP contribution in [0.2, 0.25) is 0 Å². The second-order valence-electron chi connectivity index (χ2n) is 5.66. The molecule has 0 amide bonds. The molecule has 0 radical (unpaired) electrons. The summed E-state index contributed by atoms with van der Waals surface area (Å²) in [6.07, 6.45) is 1.13. The van der Waals surface area contributed by atoms with Gasteiger partial charge >= 0.3 is 0 Å². The number of methoxy groups -OCH3 is 1. The Balaban J connectivity index is 0.00000264.